The van der Waals surface area contributed by atoms with Crippen LogP contribution in [0.25, 0.3) is 0 Å². The van der Waals surface area contributed by atoms with Crippen LogP contribution < -0.4 is 9.46 Å². The van der Waals surface area contributed by atoms with Gasteiger partial charge >= 0.3 is 0 Å². The minimum absolute atomic E-state index is 0.134. The van der Waals surface area contributed by atoms with E-state index in [0.717, 1.165) is 12.0 Å². The van der Waals surface area contributed by atoms with Crippen LogP contribution in [0.1, 0.15) is 12.5 Å². The summed E-state index contributed by atoms with van der Waals surface area (Å²) in [7, 11) is -3.54. The number of nitrogens with one attached hydrogen (secondary N) is 1. The van der Waals surface area contributed by atoms with E-state index in [2.05, 4.69) is 4.72 Å². The van der Waals surface area contributed by atoms with Crippen LogP contribution in [-0.4, -0.2) is 21.6 Å². The van der Waals surface area contributed by atoms with Gasteiger partial charge in [-0.1, -0.05) is 19.1 Å². The SMILES string of the molecule is CCc1ccc(S(=O)(=O)NCCOc2ccc(F)cc2)cc1. The molecule has 0 heterocycles. The second kappa shape index (κ2) is 7.38. The Morgan fingerprint density at radius 1 is 1.05 bits per heavy atom. The maximum absolute atomic E-state index is 12.7. The molecule has 0 bridgehead atoms. The average molecular weight is 323 g/mol. The zero-order valence-electron chi connectivity index (χ0n) is 12.3. The number of aryl methyl sites for hydroxylation is 1. The van der Waals surface area contributed by atoms with Crippen molar-refractivity contribution in [1.29, 1.82) is 0 Å². The predicted octanol–water partition coefficient (Wildman–Crippen LogP) is 2.75. The van der Waals surface area contributed by atoms with Crippen LogP contribution in [0.4, 0.5) is 4.39 Å². The summed E-state index contributed by atoms with van der Waals surface area (Å²) in [5, 5.41) is 0. The van der Waals surface area contributed by atoms with Crippen LogP contribution in [0.15, 0.2) is 53.4 Å². The van der Waals surface area contributed by atoms with Crippen LogP contribution in [0, 0.1) is 5.82 Å². The lowest BCUT2D eigenvalue weighted by Crippen LogP contribution is -2.28. The number of hydrogen-bond acceptors (Lipinski definition) is 3. The van der Waals surface area contributed by atoms with Crippen molar-refractivity contribution in [1.82, 2.24) is 4.72 Å². The molecule has 0 spiro atoms. The van der Waals surface area contributed by atoms with Gasteiger partial charge in [0.15, 0.2) is 0 Å². The van der Waals surface area contributed by atoms with E-state index >= 15 is 0 Å². The molecule has 22 heavy (non-hydrogen) atoms. The molecule has 0 fully saturated rings. The molecule has 0 saturated carbocycles. The Kier molecular flexibility index (Phi) is 5.51. The lowest BCUT2D eigenvalue weighted by molar-refractivity contribution is 0.322. The summed E-state index contributed by atoms with van der Waals surface area (Å²) in [6.45, 7) is 2.31. The normalized spacial score (nSPS) is 11.4. The first-order valence-corrected chi connectivity index (χ1v) is 8.46. The first-order chi connectivity index (χ1) is 10.5. The van der Waals surface area contributed by atoms with Gasteiger partial charge in [-0.3, -0.25) is 0 Å². The molecular formula is C16H18FNO3S. The van der Waals surface area contributed by atoms with Crippen LogP contribution in [-0.2, 0) is 16.4 Å². The lowest BCUT2D eigenvalue weighted by Gasteiger charge is -2.09. The van der Waals surface area contributed by atoms with E-state index in [0.29, 0.717) is 5.75 Å². The summed E-state index contributed by atoms with van der Waals surface area (Å²) in [6, 6.07) is 12.3. The van der Waals surface area contributed by atoms with Gasteiger partial charge in [0.05, 0.1) is 4.90 Å². The van der Waals surface area contributed by atoms with Crippen molar-refractivity contribution in [2.24, 2.45) is 0 Å². The molecule has 0 aliphatic heterocycles. The van der Waals surface area contributed by atoms with Crippen LogP contribution in [0.3, 0.4) is 0 Å². The Bertz CT molecular complexity index is 697. The molecule has 0 unspecified atom stereocenters. The molecule has 6 heteroatoms. The molecule has 0 aliphatic rings. The predicted molar refractivity (Wildman–Crippen MR) is 82.9 cm³/mol. The van der Waals surface area contributed by atoms with E-state index in [9.17, 15) is 12.8 Å². The fourth-order valence-corrected chi connectivity index (χ4v) is 2.88. The highest BCUT2D eigenvalue weighted by atomic mass is 32.2. The fraction of sp³-hybridized carbons (Fsp3) is 0.250. The zero-order chi connectivity index (χ0) is 16.0. The minimum Gasteiger partial charge on any atom is -0.492 e. The minimum atomic E-state index is -3.54. The summed E-state index contributed by atoms with van der Waals surface area (Å²) in [6.07, 6.45) is 0.860. The van der Waals surface area contributed by atoms with E-state index in [-0.39, 0.29) is 23.9 Å². The third-order valence-electron chi connectivity index (χ3n) is 3.12. The molecule has 0 aliphatic carbocycles. The molecule has 2 aromatic carbocycles. The Morgan fingerprint density at radius 2 is 1.68 bits per heavy atom. The Hall–Kier alpha value is -1.92. The molecule has 1 N–H and O–H groups in total. The Labute approximate surface area is 130 Å². The molecule has 2 aromatic rings. The van der Waals surface area contributed by atoms with E-state index in [1.165, 1.54) is 24.3 Å². The van der Waals surface area contributed by atoms with Crippen molar-refractivity contribution in [2.45, 2.75) is 18.2 Å². The highest BCUT2D eigenvalue weighted by Crippen LogP contribution is 2.12. The summed E-state index contributed by atoms with van der Waals surface area (Å²) < 4.78 is 44.7. The molecule has 0 atom stereocenters. The van der Waals surface area contributed by atoms with Crippen LogP contribution >= 0.6 is 0 Å². The summed E-state index contributed by atoms with van der Waals surface area (Å²) in [5.74, 6) is 0.150. The van der Waals surface area contributed by atoms with Gasteiger partial charge in [-0.05, 0) is 48.4 Å². The van der Waals surface area contributed by atoms with Crippen LogP contribution in [0.2, 0.25) is 0 Å². The second-order valence-electron chi connectivity index (χ2n) is 4.70. The smallest absolute Gasteiger partial charge is 0.240 e. The van der Waals surface area contributed by atoms with Gasteiger partial charge in [0, 0.05) is 6.54 Å². The van der Waals surface area contributed by atoms with E-state index in [1.807, 2.05) is 6.92 Å². The summed E-state index contributed by atoms with van der Waals surface area (Å²) in [4.78, 5) is 0.228. The van der Waals surface area contributed by atoms with E-state index in [1.54, 1.807) is 24.3 Å². The highest BCUT2D eigenvalue weighted by molar-refractivity contribution is 7.89. The van der Waals surface area contributed by atoms with E-state index < -0.39 is 10.0 Å². The zero-order valence-corrected chi connectivity index (χ0v) is 13.1. The number of sulfonamides is 1. The van der Waals surface area contributed by atoms with Gasteiger partial charge < -0.3 is 4.74 Å². The molecule has 4 nitrogen and oxygen atoms in total. The molecule has 0 amide bonds. The number of halogens is 1. The standard InChI is InChI=1S/C16H18FNO3S/c1-2-13-3-9-16(10-4-13)22(19,20)18-11-12-21-15-7-5-14(17)6-8-15/h3-10,18H,2,11-12H2,1H3. The average Bonchev–Trinajstić information content (AvgIpc) is 2.53. The lowest BCUT2D eigenvalue weighted by atomic mass is 10.2. The second-order valence-corrected chi connectivity index (χ2v) is 6.46. The molecular weight excluding hydrogens is 305 g/mol. The summed E-state index contributed by atoms with van der Waals surface area (Å²) >= 11 is 0. The monoisotopic (exact) mass is 323 g/mol. The summed E-state index contributed by atoms with van der Waals surface area (Å²) in [5.41, 5.74) is 1.08. The number of benzene rings is 2. The maximum Gasteiger partial charge on any atom is 0.240 e. The third-order valence-corrected chi connectivity index (χ3v) is 4.60. The van der Waals surface area contributed by atoms with Crippen molar-refractivity contribution in [3.63, 3.8) is 0 Å². The molecule has 0 saturated heterocycles. The van der Waals surface area contributed by atoms with Crippen molar-refractivity contribution in [3.8, 4) is 5.75 Å². The quantitative estimate of drug-likeness (QED) is 0.797. The van der Waals surface area contributed by atoms with Gasteiger partial charge in [0.1, 0.15) is 18.2 Å². The number of hydrogen-bond donors (Lipinski definition) is 1. The maximum atomic E-state index is 12.7. The topological polar surface area (TPSA) is 55.4 Å². The van der Waals surface area contributed by atoms with Crippen LogP contribution in [0.5, 0.6) is 5.75 Å². The first-order valence-electron chi connectivity index (χ1n) is 6.98. The van der Waals surface area contributed by atoms with Crippen molar-refractivity contribution >= 4 is 10.0 Å². The first kappa shape index (κ1) is 16.5. The van der Waals surface area contributed by atoms with Crippen molar-refractivity contribution < 1.29 is 17.5 Å². The molecule has 118 valence electrons. The van der Waals surface area contributed by atoms with Crippen molar-refractivity contribution in [2.75, 3.05) is 13.2 Å². The van der Waals surface area contributed by atoms with Gasteiger partial charge in [-0.25, -0.2) is 17.5 Å². The molecule has 0 radical (unpaired) electrons. The van der Waals surface area contributed by atoms with Crippen molar-refractivity contribution in [3.05, 3.63) is 59.9 Å². The van der Waals surface area contributed by atoms with Gasteiger partial charge in [-0.15, -0.1) is 0 Å². The molecule has 2 rings (SSSR count). The molecule has 0 aromatic heterocycles. The number of ether oxygens (including phenoxy) is 1. The van der Waals surface area contributed by atoms with Gasteiger partial charge in [-0.2, -0.15) is 0 Å². The van der Waals surface area contributed by atoms with Gasteiger partial charge in [0.2, 0.25) is 10.0 Å². The highest BCUT2D eigenvalue weighted by Gasteiger charge is 2.12. The van der Waals surface area contributed by atoms with E-state index in [4.69, 9.17) is 4.74 Å². The Morgan fingerprint density at radius 3 is 2.27 bits per heavy atom. The largest absolute Gasteiger partial charge is 0.492 e. The third kappa shape index (κ3) is 4.54. The fourth-order valence-electron chi connectivity index (χ4n) is 1.86. The Balaban J connectivity index is 1.85. The van der Waals surface area contributed by atoms with Gasteiger partial charge in [0.25, 0.3) is 0 Å². The number of rotatable bonds is 7.